The van der Waals surface area contributed by atoms with Gasteiger partial charge in [-0.1, -0.05) is 98.3 Å². The van der Waals surface area contributed by atoms with E-state index in [9.17, 15) is 4.79 Å². The molecule has 0 saturated carbocycles. The number of benzene rings is 6. The topological polar surface area (TPSA) is 52.1 Å². The predicted octanol–water partition coefficient (Wildman–Crippen LogP) is 11.5. The minimum absolute atomic E-state index is 0.192. The molecule has 2 aliphatic rings. The predicted molar refractivity (Wildman–Crippen MR) is 212 cm³/mol. The fourth-order valence-corrected chi connectivity index (χ4v) is 9.72. The summed E-state index contributed by atoms with van der Waals surface area (Å²) in [6.07, 6.45) is 2.74. The molecule has 10 rings (SSSR count). The molecule has 6 aromatic carbocycles. The van der Waals surface area contributed by atoms with Crippen LogP contribution in [-0.4, -0.2) is 22.5 Å². The van der Waals surface area contributed by atoms with Crippen molar-refractivity contribution in [3.8, 4) is 22.5 Å². The average molecular weight is 675 g/mol. The molecule has 0 N–H and O–H groups in total. The zero-order valence-electron chi connectivity index (χ0n) is 29.4. The Hall–Kier alpha value is -5.87. The molecule has 0 bridgehead atoms. The molecule has 2 atom stereocenters. The molecule has 4 heteroatoms. The fourth-order valence-electron chi connectivity index (χ4n) is 9.72. The summed E-state index contributed by atoms with van der Waals surface area (Å²) in [6, 6.07) is 48.1. The maximum atomic E-state index is 14.2. The van der Waals surface area contributed by atoms with Crippen molar-refractivity contribution in [2.45, 2.75) is 50.4 Å². The van der Waals surface area contributed by atoms with Crippen LogP contribution in [0.5, 0.6) is 0 Å². The van der Waals surface area contributed by atoms with Crippen LogP contribution in [0.2, 0.25) is 0 Å². The second kappa shape index (κ2) is 11.6. The number of nitrogens with zero attached hydrogens (tertiary/aromatic N) is 2. The lowest BCUT2D eigenvalue weighted by atomic mass is 9.60. The first-order valence-electron chi connectivity index (χ1n) is 18.5. The Balaban J connectivity index is 1.33. The summed E-state index contributed by atoms with van der Waals surface area (Å²) in [4.78, 5) is 25.0. The smallest absolute Gasteiger partial charge is 0.307 e. The largest absolute Gasteiger partial charge is 0.466 e. The molecule has 4 nitrogen and oxygen atoms in total. The maximum absolute atomic E-state index is 14.2. The molecule has 0 fully saturated rings. The number of rotatable bonds is 7. The Morgan fingerprint density at radius 1 is 0.538 bits per heavy atom. The average Bonchev–Trinajstić information content (AvgIpc) is 3.55. The molecular formula is C48H38N2O2. The van der Waals surface area contributed by atoms with Crippen molar-refractivity contribution in [3.63, 3.8) is 0 Å². The monoisotopic (exact) mass is 674 g/mol. The van der Waals surface area contributed by atoms with Gasteiger partial charge in [0.1, 0.15) is 0 Å². The second-order valence-electron chi connectivity index (χ2n) is 14.7. The van der Waals surface area contributed by atoms with Gasteiger partial charge in [-0.2, -0.15) is 0 Å². The number of para-hydroxylation sites is 2. The molecule has 2 unspecified atom stereocenters. The van der Waals surface area contributed by atoms with Crippen LogP contribution < -0.4 is 0 Å². The normalized spacial score (nSPS) is 18.4. The summed E-state index contributed by atoms with van der Waals surface area (Å²) in [5, 5.41) is 6.93. The molecule has 0 spiro atoms. The first kappa shape index (κ1) is 30.9. The van der Waals surface area contributed by atoms with E-state index < -0.39 is 10.8 Å². The summed E-state index contributed by atoms with van der Waals surface area (Å²) >= 11 is 0. The van der Waals surface area contributed by atoms with Gasteiger partial charge in [0.2, 0.25) is 0 Å². The molecule has 0 saturated heterocycles. The summed E-state index contributed by atoms with van der Waals surface area (Å²) in [5.74, 6) is -0.192. The highest BCUT2D eigenvalue weighted by Gasteiger charge is 2.55. The number of carbonyl (C=O) groups excluding carboxylic acids is 1. The Morgan fingerprint density at radius 2 is 0.962 bits per heavy atom. The first-order chi connectivity index (χ1) is 25.5. The molecule has 0 amide bonds. The van der Waals surface area contributed by atoms with Gasteiger partial charge < -0.3 is 4.74 Å². The van der Waals surface area contributed by atoms with Crippen LogP contribution in [0.25, 0.3) is 65.9 Å². The zero-order chi connectivity index (χ0) is 35.0. The van der Waals surface area contributed by atoms with Gasteiger partial charge in [0.05, 0.1) is 35.4 Å². The standard InChI is InChI=1S/C48H38N2O2/c1-3-21-47(38-24-32-15-7-5-13-30(32)22-36(38)45-40(47)26-34-17-9-11-19-42(34)49-45)29-48(28-44(51)52-4-2)39-25-33-16-8-6-14-31(33)23-37(39)46-41(48)27-35-18-10-12-20-43(35)50-46/h5-20,22-27H,3-4,21,28-29H2,1-2H3. The number of carbonyl (C=O) groups is 1. The Kier molecular flexibility index (Phi) is 6.88. The van der Waals surface area contributed by atoms with Gasteiger partial charge in [-0.3, -0.25) is 4.79 Å². The van der Waals surface area contributed by atoms with Crippen LogP contribution in [0, 0.1) is 0 Å². The number of esters is 1. The van der Waals surface area contributed by atoms with E-state index in [1.165, 1.54) is 27.5 Å². The van der Waals surface area contributed by atoms with Crippen LogP contribution in [-0.2, 0) is 20.4 Å². The van der Waals surface area contributed by atoms with Crippen molar-refractivity contribution in [2.24, 2.45) is 0 Å². The third kappa shape index (κ3) is 4.43. The highest BCUT2D eigenvalue weighted by Crippen LogP contribution is 2.62. The lowest BCUT2D eigenvalue weighted by molar-refractivity contribution is -0.144. The van der Waals surface area contributed by atoms with Crippen molar-refractivity contribution in [1.29, 1.82) is 0 Å². The summed E-state index contributed by atoms with van der Waals surface area (Å²) in [5.41, 5.74) is 9.84. The summed E-state index contributed by atoms with van der Waals surface area (Å²) < 4.78 is 5.87. The van der Waals surface area contributed by atoms with E-state index in [0.29, 0.717) is 13.0 Å². The zero-order valence-corrected chi connectivity index (χ0v) is 29.4. The number of aromatic nitrogens is 2. The minimum atomic E-state index is -0.733. The number of hydrogen-bond acceptors (Lipinski definition) is 4. The van der Waals surface area contributed by atoms with Gasteiger partial charge in [0.25, 0.3) is 0 Å². The third-order valence-electron chi connectivity index (χ3n) is 11.8. The van der Waals surface area contributed by atoms with Crippen molar-refractivity contribution >= 4 is 49.3 Å². The van der Waals surface area contributed by atoms with Gasteiger partial charge in [0.15, 0.2) is 0 Å². The molecule has 2 aliphatic carbocycles. The Bertz CT molecular complexity index is 2590. The highest BCUT2D eigenvalue weighted by atomic mass is 16.5. The van der Waals surface area contributed by atoms with Crippen molar-refractivity contribution in [1.82, 2.24) is 9.97 Å². The van der Waals surface area contributed by atoms with E-state index in [-0.39, 0.29) is 12.4 Å². The highest BCUT2D eigenvalue weighted by molar-refractivity contribution is 5.98. The number of pyridine rings is 2. The molecule has 2 aromatic heterocycles. The Labute approximate surface area is 303 Å². The van der Waals surface area contributed by atoms with Gasteiger partial charge >= 0.3 is 5.97 Å². The van der Waals surface area contributed by atoms with E-state index in [1.807, 2.05) is 13.0 Å². The molecule has 252 valence electrons. The van der Waals surface area contributed by atoms with Crippen LogP contribution in [0.3, 0.4) is 0 Å². The first-order valence-corrected chi connectivity index (χ1v) is 18.5. The van der Waals surface area contributed by atoms with Crippen LogP contribution in [0.4, 0.5) is 0 Å². The minimum Gasteiger partial charge on any atom is -0.466 e. The van der Waals surface area contributed by atoms with Crippen LogP contribution >= 0.6 is 0 Å². The third-order valence-corrected chi connectivity index (χ3v) is 11.8. The molecule has 2 heterocycles. The van der Waals surface area contributed by atoms with Crippen molar-refractivity contribution in [2.75, 3.05) is 6.61 Å². The van der Waals surface area contributed by atoms with Crippen molar-refractivity contribution in [3.05, 3.63) is 156 Å². The Morgan fingerprint density at radius 3 is 1.46 bits per heavy atom. The molecule has 52 heavy (non-hydrogen) atoms. The number of hydrogen-bond donors (Lipinski definition) is 0. The van der Waals surface area contributed by atoms with Gasteiger partial charge in [-0.05, 0) is 112 Å². The second-order valence-corrected chi connectivity index (χ2v) is 14.7. The van der Waals surface area contributed by atoms with Crippen LogP contribution in [0.1, 0.15) is 61.8 Å². The van der Waals surface area contributed by atoms with E-state index in [4.69, 9.17) is 14.7 Å². The lowest BCUT2D eigenvalue weighted by Crippen LogP contribution is -2.39. The maximum Gasteiger partial charge on any atom is 0.307 e. The van der Waals surface area contributed by atoms with Gasteiger partial charge in [-0.15, -0.1) is 0 Å². The summed E-state index contributed by atoms with van der Waals surface area (Å²) in [6.45, 7) is 4.51. The van der Waals surface area contributed by atoms with Gasteiger partial charge in [-0.25, -0.2) is 9.97 Å². The van der Waals surface area contributed by atoms with Gasteiger partial charge in [0, 0.05) is 32.7 Å². The van der Waals surface area contributed by atoms with E-state index >= 15 is 0 Å². The van der Waals surface area contributed by atoms with E-state index in [2.05, 4.69) is 134 Å². The lowest BCUT2D eigenvalue weighted by Gasteiger charge is -2.42. The molecular weight excluding hydrogens is 637 g/mol. The molecule has 0 aliphatic heterocycles. The quantitative estimate of drug-likeness (QED) is 0.158. The van der Waals surface area contributed by atoms with Crippen molar-refractivity contribution < 1.29 is 9.53 Å². The van der Waals surface area contributed by atoms with Crippen LogP contribution in [0.15, 0.2) is 133 Å². The summed E-state index contributed by atoms with van der Waals surface area (Å²) in [7, 11) is 0. The molecule has 0 radical (unpaired) electrons. The molecule has 8 aromatic rings. The SMILES string of the molecule is CCCC1(CC2(CC(=O)OCC)c3cc4ccccc4cc3-c3nc4ccccc4cc32)c2cc3ccccc3cc2-c2nc3ccccc3cc21. The number of fused-ring (bicyclic) bond motifs is 10. The fraction of sp³-hybridized carbons (Fsp3) is 0.188. The number of ether oxygens (including phenoxy) is 1. The van der Waals surface area contributed by atoms with E-state index in [0.717, 1.165) is 73.5 Å². The van der Waals surface area contributed by atoms with E-state index in [1.54, 1.807) is 0 Å².